The molecule has 7 heteroatoms. The van der Waals surface area contributed by atoms with Crippen molar-refractivity contribution in [1.29, 1.82) is 0 Å². The predicted octanol–water partition coefficient (Wildman–Crippen LogP) is 3.08. The van der Waals surface area contributed by atoms with Crippen molar-refractivity contribution < 1.29 is 4.79 Å². The van der Waals surface area contributed by atoms with Gasteiger partial charge in [-0.2, -0.15) is 0 Å². The normalized spacial score (nSPS) is 12.2. The molecule has 2 N–H and O–H groups in total. The third kappa shape index (κ3) is 3.51. The van der Waals surface area contributed by atoms with Crippen molar-refractivity contribution >= 4 is 33.7 Å². The molecule has 1 atom stereocenters. The van der Waals surface area contributed by atoms with Crippen molar-refractivity contribution in [2.24, 2.45) is 0 Å². The van der Waals surface area contributed by atoms with Crippen molar-refractivity contribution in [3.63, 3.8) is 0 Å². The lowest BCUT2D eigenvalue weighted by atomic mass is 10.1. The second-order valence-electron chi connectivity index (χ2n) is 6.76. The molecular formula is C21H22N6O. The zero-order chi connectivity index (χ0) is 19.5. The first-order chi connectivity index (χ1) is 13.6. The average Bonchev–Trinajstić information content (AvgIpc) is 3.14. The van der Waals surface area contributed by atoms with E-state index < -0.39 is 6.04 Å². The zero-order valence-electron chi connectivity index (χ0n) is 15.9. The van der Waals surface area contributed by atoms with Gasteiger partial charge in [0.05, 0.1) is 11.0 Å². The largest absolute Gasteiger partial charge is 0.368 e. The van der Waals surface area contributed by atoms with Crippen LogP contribution in [0.15, 0.2) is 54.6 Å². The Bertz CT molecular complexity index is 1140. The predicted molar refractivity (Wildman–Crippen MR) is 110 cm³/mol. The lowest BCUT2D eigenvalue weighted by Crippen LogP contribution is -2.34. The summed E-state index contributed by atoms with van der Waals surface area (Å²) >= 11 is 0. The molecule has 2 aromatic heterocycles. The Morgan fingerprint density at radius 3 is 2.68 bits per heavy atom. The topological polar surface area (TPSA) is 84.7 Å². The Balaban J connectivity index is 1.34. The maximum atomic E-state index is 12.5. The maximum absolute atomic E-state index is 12.5. The number of nitrogens with one attached hydrogen (secondary N) is 2. The van der Waals surface area contributed by atoms with Crippen molar-refractivity contribution in [3.8, 4) is 0 Å². The number of aromatic nitrogens is 4. The number of rotatable bonds is 6. The smallest absolute Gasteiger partial charge is 0.244 e. The van der Waals surface area contributed by atoms with E-state index in [4.69, 9.17) is 0 Å². The highest BCUT2D eigenvalue weighted by atomic mass is 16.2. The van der Waals surface area contributed by atoms with Crippen LogP contribution < -0.4 is 10.6 Å². The minimum Gasteiger partial charge on any atom is -0.368 e. The molecule has 4 aromatic rings. The van der Waals surface area contributed by atoms with Crippen molar-refractivity contribution in [2.75, 3.05) is 18.4 Å². The molecular weight excluding hydrogens is 352 g/mol. The number of carbonyl (C=O) groups excluding carboxylic acids is 1. The Labute approximate surface area is 162 Å². The van der Waals surface area contributed by atoms with Crippen LogP contribution in [-0.4, -0.2) is 39.0 Å². The number of hydrogen-bond donors (Lipinski definition) is 2. The van der Waals surface area contributed by atoms with Crippen molar-refractivity contribution in [1.82, 2.24) is 25.3 Å². The van der Waals surface area contributed by atoms with Crippen LogP contribution in [0.2, 0.25) is 0 Å². The van der Waals surface area contributed by atoms with Gasteiger partial charge in [0.1, 0.15) is 17.4 Å². The standard InChI is InChI=1S/C21H22N6O/c1-14-13-20(24-17-8-4-3-7-16(14)17)22-11-12-23-21(28)15(2)27-19-10-6-5-9-18(19)25-26-27/h3-10,13,15H,11-12H2,1-2H3,(H,22,24)(H,23,28). The number of pyridine rings is 1. The SMILES string of the molecule is Cc1cc(NCCNC(=O)C(C)n2nnc3ccccc32)nc2ccccc12. The molecule has 0 spiro atoms. The fraction of sp³-hybridized carbons (Fsp3) is 0.238. The lowest BCUT2D eigenvalue weighted by Gasteiger charge is -2.14. The van der Waals surface area contributed by atoms with Crippen LogP contribution in [0.3, 0.4) is 0 Å². The molecule has 0 saturated carbocycles. The van der Waals surface area contributed by atoms with E-state index in [-0.39, 0.29) is 5.91 Å². The first-order valence-electron chi connectivity index (χ1n) is 9.31. The molecule has 1 amide bonds. The zero-order valence-corrected chi connectivity index (χ0v) is 15.9. The van der Waals surface area contributed by atoms with Crippen LogP contribution in [0.4, 0.5) is 5.82 Å². The van der Waals surface area contributed by atoms with Gasteiger partial charge in [0.25, 0.3) is 0 Å². The highest BCUT2D eigenvalue weighted by Gasteiger charge is 2.18. The van der Waals surface area contributed by atoms with E-state index in [0.29, 0.717) is 13.1 Å². The number of benzene rings is 2. The lowest BCUT2D eigenvalue weighted by molar-refractivity contribution is -0.123. The van der Waals surface area contributed by atoms with E-state index in [0.717, 1.165) is 27.8 Å². The maximum Gasteiger partial charge on any atom is 0.244 e. The molecule has 0 aliphatic carbocycles. The molecule has 0 saturated heterocycles. The highest BCUT2D eigenvalue weighted by Crippen LogP contribution is 2.19. The molecule has 0 bridgehead atoms. The van der Waals surface area contributed by atoms with Gasteiger partial charge in [0.15, 0.2) is 0 Å². The summed E-state index contributed by atoms with van der Waals surface area (Å²) in [6.45, 7) is 4.96. The van der Waals surface area contributed by atoms with E-state index in [1.165, 1.54) is 5.56 Å². The third-order valence-corrected chi connectivity index (χ3v) is 4.78. The quantitative estimate of drug-likeness (QED) is 0.507. The fourth-order valence-corrected chi connectivity index (χ4v) is 3.25. The van der Waals surface area contributed by atoms with Crippen LogP contribution in [0.1, 0.15) is 18.5 Å². The van der Waals surface area contributed by atoms with Gasteiger partial charge in [-0.3, -0.25) is 4.79 Å². The van der Waals surface area contributed by atoms with Crippen LogP contribution >= 0.6 is 0 Å². The molecule has 0 aliphatic heterocycles. The van der Waals surface area contributed by atoms with Gasteiger partial charge in [0.2, 0.25) is 5.91 Å². The monoisotopic (exact) mass is 374 g/mol. The Kier molecular flexibility index (Phi) is 4.89. The number of para-hydroxylation sites is 2. The first kappa shape index (κ1) is 17.9. The fourth-order valence-electron chi connectivity index (χ4n) is 3.25. The summed E-state index contributed by atoms with van der Waals surface area (Å²) in [6.07, 6.45) is 0. The summed E-state index contributed by atoms with van der Waals surface area (Å²) < 4.78 is 1.65. The van der Waals surface area contributed by atoms with Crippen molar-refractivity contribution in [2.45, 2.75) is 19.9 Å². The van der Waals surface area contributed by atoms with Crippen molar-refractivity contribution in [3.05, 3.63) is 60.2 Å². The molecule has 2 heterocycles. The van der Waals surface area contributed by atoms with E-state index in [1.807, 2.05) is 55.5 Å². The number of fused-ring (bicyclic) bond motifs is 2. The summed E-state index contributed by atoms with van der Waals surface area (Å²) in [5.41, 5.74) is 3.75. The van der Waals surface area contributed by atoms with Gasteiger partial charge in [0, 0.05) is 18.5 Å². The number of nitrogens with zero attached hydrogens (tertiary/aromatic N) is 4. The summed E-state index contributed by atoms with van der Waals surface area (Å²) in [4.78, 5) is 17.1. The van der Waals surface area contributed by atoms with E-state index in [1.54, 1.807) is 4.68 Å². The molecule has 0 fully saturated rings. The van der Waals surface area contributed by atoms with Crippen LogP contribution in [0, 0.1) is 6.92 Å². The van der Waals surface area contributed by atoms with Gasteiger partial charge >= 0.3 is 0 Å². The summed E-state index contributed by atoms with van der Waals surface area (Å²) in [5.74, 6) is 0.709. The van der Waals surface area contributed by atoms with E-state index >= 15 is 0 Å². The Morgan fingerprint density at radius 1 is 1.07 bits per heavy atom. The minimum absolute atomic E-state index is 0.0971. The minimum atomic E-state index is -0.437. The molecule has 0 aliphatic rings. The highest BCUT2D eigenvalue weighted by molar-refractivity contribution is 5.84. The molecule has 1 unspecified atom stereocenters. The average molecular weight is 374 g/mol. The first-order valence-corrected chi connectivity index (χ1v) is 9.31. The van der Waals surface area contributed by atoms with E-state index in [2.05, 4.69) is 38.9 Å². The van der Waals surface area contributed by atoms with Crippen LogP contribution in [0.25, 0.3) is 21.9 Å². The van der Waals surface area contributed by atoms with Gasteiger partial charge in [-0.1, -0.05) is 35.5 Å². The molecule has 4 rings (SSSR count). The number of hydrogen-bond acceptors (Lipinski definition) is 5. The summed E-state index contributed by atoms with van der Waals surface area (Å²) in [6, 6.07) is 17.3. The summed E-state index contributed by atoms with van der Waals surface area (Å²) in [5, 5.41) is 15.6. The molecule has 28 heavy (non-hydrogen) atoms. The number of anilines is 1. The van der Waals surface area contributed by atoms with Gasteiger partial charge in [-0.05, 0) is 43.7 Å². The van der Waals surface area contributed by atoms with Crippen LogP contribution in [0.5, 0.6) is 0 Å². The van der Waals surface area contributed by atoms with Gasteiger partial charge < -0.3 is 10.6 Å². The molecule has 7 nitrogen and oxygen atoms in total. The van der Waals surface area contributed by atoms with Gasteiger partial charge in [-0.15, -0.1) is 5.10 Å². The molecule has 142 valence electrons. The third-order valence-electron chi connectivity index (χ3n) is 4.78. The molecule has 2 aromatic carbocycles. The Morgan fingerprint density at radius 2 is 1.82 bits per heavy atom. The second-order valence-corrected chi connectivity index (χ2v) is 6.76. The number of aryl methyl sites for hydroxylation is 1. The number of amides is 1. The van der Waals surface area contributed by atoms with E-state index in [9.17, 15) is 4.79 Å². The van der Waals surface area contributed by atoms with Gasteiger partial charge in [-0.25, -0.2) is 9.67 Å². The summed E-state index contributed by atoms with van der Waals surface area (Å²) in [7, 11) is 0. The Hall–Kier alpha value is -3.48. The molecule has 0 radical (unpaired) electrons. The number of carbonyl (C=O) groups is 1. The van der Waals surface area contributed by atoms with Crippen LogP contribution in [-0.2, 0) is 4.79 Å². The second kappa shape index (κ2) is 7.64.